The van der Waals surface area contributed by atoms with Gasteiger partial charge < -0.3 is 9.47 Å². The second kappa shape index (κ2) is 10.0. The van der Waals surface area contributed by atoms with Crippen LogP contribution in [0.3, 0.4) is 0 Å². The minimum Gasteiger partial charge on any atom is -0.497 e. The van der Waals surface area contributed by atoms with Crippen LogP contribution in [0.15, 0.2) is 60.7 Å². The van der Waals surface area contributed by atoms with Crippen LogP contribution in [0.2, 0.25) is 0 Å². The standard InChI is InChI=1S/C30H22N4O2S4/c1-15-21(13-23(37-15)17-5-9-19(35-3)10-6-17)25-26(28-30(34-40-32-28)29-27(25)31-39-33-29)22-14-24(38-16(22)2)18-7-11-20(36-4)12-8-18/h5-14H,1-4H3. The van der Waals surface area contributed by atoms with E-state index in [1.54, 1.807) is 36.9 Å². The molecule has 0 atom stereocenters. The van der Waals surface area contributed by atoms with Crippen molar-refractivity contribution in [3.63, 3.8) is 0 Å². The summed E-state index contributed by atoms with van der Waals surface area (Å²) in [6, 6.07) is 21.0. The quantitative estimate of drug-likeness (QED) is 0.190. The van der Waals surface area contributed by atoms with Crippen LogP contribution in [-0.4, -0.2) is 31.7 Å². The van der Waals surface area contributed by atoms with Crippen LogP contribution in [0.1, 0.15) is 9.75 Å². The van der Waals surface area contributed by atoms with Crippen LogP contribution < -0.4 is 9.47 Å². The molecule has 0 saturated heterocycles. The van der Waals surface area contributed by atoms with Gasteiger partial charge in [-0.1, -0.05) is 0 Å². The molecule has 0 radical (unpaired) electrons. The first-order valence-electron chi connectivity index (χ1n) is 12.5. The summed E-state index contributed by atoms with van der Waals surface area (Å²) in [5, 5.41) is 0. The van der Waals surface area contributed by atoms with Crippen molar-refractivity contribution in [3.05, 3.63) is 70.4 Å². The Labute approximate surface area is 247 Å². The highest BCUT2D eigenvalue weighted by Crippen LogP contribution is 2.49. The third-order valence-electron chi connectivity index (χ3n) is 7.05. The molecule has 0 aliphatic carbocycles. The van der Waals surface area contributed by atoms with Gasteiger partial charge in [-0.05, 0) is 96.8 Å². The fourth-order valence-electron chi connectivity index (χ4n) is 5.03. The van der Waals surface area contributed by atoms with E-state index < -0.39 is 0 Å². The molecule has 4 heterocycles. The highest BCUT2D eigenvalue weighted by atomic mass is 32.1. The number of ether oxygens (including phenoxy) is 2. The summed E-state index contributed by atoms with van der Waals surface area (Å²) in [6.45, 7) is 4.35. The molecular formula is C30H22N4O2S4. The number of aromatic nitrogens is 4. The Kier molecular flexibility index (Phi) is 6.35. The number of thiophene rings is 2. The summed E-state index contributed by atoms with van der Waals surface area (Å²) in [7, 11) is 3.38. The van der Waals surface area contributed by atoms with Gasteiger partial charge in [-0.15, -0.1) is 22.7 Å². The molecule has 0 aliphatic rings. The van der Waals surface area contributed by atoms with Crippen LogP contribution in [0.5, 0.6) is 11.5 Å². The van der Waals surface area contributed by atoms with Gasteiger partial charge >= 0.3 is 0 Å². The zero-order valence-corrected chi connectivity index (χ0v) is 25.3. The molecule has 40 heavy (non-hydrogen) atoms. The predicted octanol–water partition coefficient (Wildman–Crippen LogP) is 9.12. The van der Waals surface area contributed by atoms with Gasteiger partial charge in [-0.2, -0.15) is 17.5 Å². The molecule has 10 heteroatoms. The fourth-order valence-corrected chi connectivity index (χ4v) is 8.21. The zero-order chi connectivity index (χ0) is 27.4. The molecule has 0 N–H and O–H groups in total. The summed E-state index contributed by atoms with van der Waals surface area (Å²) in [6.07, 6.45) is 0. The van der Waals surface area contributed by atoms with E-state index in [2.05, 4.69) is 59.0 Å². The molecule has 3 aromatic carbocycles. The number of benzene rings is 3. The molecule has 0 saturated carbocycles. The van der Waals surface area contributed by atoms with Gasteiger partial charge in [-0.25, -0.2) is 0 Å². The summed E-state index contributed by atoms with van der Waals surface area (Å²) in [4.78, 5) is 4.81. The molecule has 6 nitrogen and oxygen atoms in total. The maximum absolute atomic E-state index is 5.37. The molecule has 7 aromatic rings. The number of hydrogen-bond acceptors (Lipinski definition) is 10. The van der Waals surface area contributed by atoms with Crippen molar-refractivity contribution in [2.45, 2.75) is 13.8 Å². The number of methoxy groups -OCH3 is 2. The molecule has 4 aromatic heterocycles. The molecule has 0 unspecified atom stereocenters. The summed E-state index contributed by atoms with van der Waals surface area (Å²) in [5.41, 5.74) is 10.1. The van der Waals surface area contributed by atoms with Crippen molar-refractivity contribution in [2.75, 3.05) is 14.2 Å². The van der Waals surface area contributed by atoms with E-state index in [1.807, 2.05) is 24.3 Å². The van der Waals surface area contributed by atoms with E-state index in [9.17, 15) is 0 Å². The number of rotatable bonds is 6. The lowest BCUT2D eigenvalue weighted by atomic mass is 9.91. The molecule has 0 amide bonds. The molecule has 0 spiro atoms. The predicted molar refractivity (Wildman–Crippen MR) is 168 cm³/mol. The summed E-state index contributed by atoms with van der Waals surface area (Å²) in [5.74, 6) is 1.69. The molecule has 0 aliphatic heterocycles. The Hall–Kier alpha value is -3.70. The number of hydrogen-bond donors (Lipinski definition) is 0. The molecule has 7 rings (SSSR count). The first-order valence-corrected chi connectivity index (χ1v) is 15.6. The maximum Gasteiger partial charge on any atom is 0.134 e. The molecule has 0 fully saturated rings. The van der Waals surface area contributed by atoms with E-state index >= 15 is 0 Å². The molecule has 198 valence electrons. The smallest absolute Gasteiger partial charge is 0.134 e. The summed E-state index contributed by atoms with van der Waals surface area (Å²) < 4.78 is 29.7. The van der Waals surface area contributed by atoms with E-state index in [0.29, 0.717) is 0 Å². The Morgan fingerprint density at radius 1 is 0.525 bits per heavy atom. The average Bonchev–Trinajstić information content (AvgIpc) is 3.79. The summed E-state index contributed by atoms with van der Waals surface area (Å²) >= 11 is 6.01. The topological polar surface area (TPSA) is 70.0 Å². The highest BCUT2D eigenvalue weighted by Gasteiger charge is 2.27. The minimum absolute atomic E-state index is 0.812. The first kappa shape index (κ1) is 25.3. The number of aryl methyl sites for hydroxylation is 2. The Morgan fingerprint density at radius 3 is 1.27 bits per heavy atom. The Bertz CT molecular complexity index is 1850. The SMILES string of the molecule is COc1ccc(-c2cc(-c3c(-c4cc(-c5ccc(OC)cc5)sc4C)c4nsnc4c4nsnc34)c(C)s2)cc1. The second-order valence-corrected chi connectivity index (χ2v) is 12.9. The van der Waals surface area contributed by atoms with Gasteiger partial charge in [0.25, 0.3) is 0 Å². The van der Waals surface area contributed by atoms with E-state index in [4.69, 9.17) is 18.2 Å². The normalized spacial score (nSPS) is 11.5. The lowest BCUT2D eigenvalue weighted by molar-refractivity contribution is 0.415. The minimum atomic E-state index is 0.812. The van der Waals surface area contributed by atoms with E-state index in [1.165, 1.54) is 43.0 Å². The van der Waals surface area contributed by atoms with Gasteiger partial charge in [0.2, 0.25) is 0 Å². The Morgan fingerprint density at radius 2 is 0.900 bits per heavy atom. The van der Waals surface area contributed by atoms with E-state index in [0.717, 1.165) is 66.9 Å². The van der Waals surface area contributed by atoms with Gasteiger partial charge in [0.15, 0.2) is 0 Å². The van der Waals surface area contributed by atoms with Crippen molar-refractivity contribution in [1.82, 2.24) is 17.5 Å². The van der Waals surface area contributed by atoms with Crippen LogP contribution >= 0.6 is 46.1 Å². The van der Waals surface area contributed by atoms with Gasteiger partial charge in [0.1, 0.15) is 33.6 Å². The van der Waals surface area contributed by atoms with Crippen molar-refractivity contribution in [1.29, 1.82) is 0 Å². The monoisotopic (exact) mass is 598 g/mol. The van der Waals surface area contributed by atoms with Crippen molar-refractivity contribution >= 4 is 68.2 Å². The lowest BCUT2D eigenvalue weighted by Gasteiger charge is -2.11. The van der Waals surface area contributed by atoms with Gasteiger partial charge in [0, 0.05) is 30.6 Å². The van der Waals surface area contributed by atoms with Crippen LogP contribution in [0, 0.1) is 13.8 Å². The third kappa shape index (κ3) is 4.10. The third-order valence-corrected chi connectivity index (χ3v) is 10.3. The van der Waals surface area contributed by atoms with Crippen LogP contribution in [0.4, 0.5) is 0 Å². The fraction of sp³-hybridized carbons (Fsp3) is 0.133. The zero-order valence-electron chi connectivity index (χ0n) is 22.0. The van der Waals surface area contributed by atoms with Crippen molar-refractivity contribution < 1.29 is 9.47 Å². The van der Waals surface area contributed by atoms with Crippen LogP contribution in [-0.2, 0) is 0 Å². The molecular weight excluding hydrogens is 577 g/mol. The maximum atomic E-state index is 5.37. The van der Waals surface area contributed by atoms with Crippen LogP contribution in [0.25, 0.3) is 65.2 Å². The largest absolute Gasteiger partial charge is 0.497 e. The highest BCUT2D eigenvalue weighted by molar-refractivity contribution is 7.16. The molecule has 0 bridgehead atoms. The number of fused-ring (bicyclic) bond motifs is 3. The average molecular weight is 599 g/mol. The lowest BCUT2D eigenvalue weighted by Crippen LogP contribution is -1.91. The van der Waals surface area contributed by atoms with Crippen molar-refractivity contribution in [2.24, 2.45) is 0 Å². The van der Waals surface area contributed by atoms with Gasteiger partial charge in [0.05, 0.1) is 37.7 Å². The second-order valence-electron chi connectivity index (χ2n) is 9.29. The first-order chi connectivity index (χ1) is 19.6. The number of nitrogens with zero attached hydrogens (tertiary/aromatic N) is 4. The Balaban J connectivity index is 1.47. The van der Waals surface area contributed by atoms with Gasteiger partial charge in [-0.3, -0.25) is 0 Å². The van der Waals surface area contributed by atoms with Crippen molar-refractivity contribution in [3.8, 4) is 54.6 Å². The van der Waals surface area contributed by atoms with E-state index in [-0.39, 0.29) is 0 Å².